The zero-order valence-electron chi connectivity index (χ0n) is 13.7. The summed E-state index contributed by atoms with van der Waals surface area (Å²) in [6, 6.07) is 22.3. The average Bonchev–Trinajstić information content (AvgIpc) is 2.97. The molecule has 0 aliphatic heterocycles. The summed E-state index contributed by atoms with van der Waals surface area (Å²) < 4.78 is 2.23. The Morgan fingerprint density at radius 2 is 1.64 bits per heavy atom. The van der Waals surface area contributed by atoms with Gasteiger partial charge in [0, 0.05) is 12.1 Å². The third-order valence-electron chi connectivity index (χ3n) is 4.37. The van der Waals surface area contributed by atoms with E-state index < -0.39 is 0 Å². The molecule has 3 aromatic carbocycles. The van der Waals surface area contributed by atoms with E-state index in [1.165, 1.54) is 5.56 Å². The molecule has 25 heavy (non-hydrogen) atoms. The molecule has 4 rings (SSSR count). The molecule has 0 spiro atoms. The number of halogens is 2. The highest BCUT2D eigenvalue weighted by atomic mass is 35.5. The predicted octanol–water partition coefficient (Wildman–Crippen LogP) is 6.37. The maximum absolute atomic E-state index is 6.20. The van der Waals surface area contributed by atoms with Crippen molar-refractivity contribution in [1.29, 1.82) is 0 Å². The minimum atomic E-state index is 0.569. The summed E-state index contributed by atoms with van der Waals surface area (Å²) in [5.41, 5.74) is 5.52. The number of hydrogen-bond donors (Lipinski definition) is 0. The predicted molar refractivity (Wildman–Crippen MR) is 105 cm³/mol. The fourth-order valence-corrected chi connectivity index (χ4v) is 3.41. The van der Waals surface area contributed by atoms with Crippen LogP contribution in [0.25, 0.3) is 22.4 Å². The second-order valence-corrected chi connectivity index (χ2v) is 6.89. The lowest BCUT2D eigenvalue weighted by molar-refractivity contribution is 0.833. The summed E-state index contributed by atoms with van der Waals surface area (Å²) in [4.78, 5) is 4.88. The monoisotopic (exact) mass is 366 g/mol. The van der Waals surface area contributed by atoms with Crippen LogP contribution in [0.3, 0.4) is 0 Å². The SMILES string of the molecule is Cc1ccccc1-c1nc2ccccc2n1Cc1ccc(Cl)c(Cl)c1. The second-order valence-electron chi connectivity index (χ2n) is 6.07. The number of aryl methyl sites for hydroxylation is 1. The van der Waals surface area contributed by atoms with E-state index in [4.69, 9.17) is 28.2 Å². The molecule has 0 bridgehead atoms. The Kier molecular flexibility index (Phi) is 4.24. The molecule has 2 nitrogen and oxygen atoms in total. The molecule has 0 unspecified atom stereocenters. The Balaban J connectivity index is 1.90. The van der Waals surface area contributed by atoms with E-state index in [0.717, 1.165) is 28.0 Å². The zero-order valence-corrected chi connectivity index (χ0v) is 15.2. The summed E-state index contributed by atoms with van der Waals surface area (Å²) in [7, 11) is 0. The maximum atomic E-state index is 6.20. The molecule has 124 valence electrons. The summed E-state index contributed by atoms with van der Waals surface area (Å²) in [5.74, 6) is 0.963. The molecule has 0 amide bonds. The summed E-state index contributed by atoms with van der Waals surface area (Å²) in [5, 5.41) is 1.14. The van der Waals surface area contributed by atoms with Gasteiger partial charge in [-0.3, -0.25) is 0 Å². The normalized spacial score (nSPS) is 11.2. The number of para-hydroxylation sites is 2. The first-order valence-corrected chi connectivity index (χ1v) is 8.84. The molecule has 0 radical (unpaired) electrons. The van der Waals surface area contributed by atoms with Gasteiger partial charge in [-0.05, 0) is 42.3 Å². The highest BCUT2D eigenvalue weighted by molar-refractivity contribution is 6.42. The van der Waals surface area contributed by atoms with Crippen LogP contribution in [0, 0.1) is 6.92 Å². The largest absolute Gasteiger partial charge is 0.319 e. The van der Waals surface area contributed by atoms with Crippen molar-refractivity contribution in [3.63, 3.8) is 0 Å². The quantitative estimate of drug-likeness (QED) is 0.412. The minimum Gasteiger partial charge on any atom is -0.319 e. The highest BCUT2D eigenvalue weighted by Gasteiger charge is 2.14. The Bertz CT molecular complexity index is 1070. The van der Waals surface area contributed by atoms with Crippen molar-refractivity contribution in [1.82, 2.24) is 9.55 Å². The van der Waals surface area contributed by atoms with Crippen molar-refractivity contribution in [2.75, 3.05) is 0 Å². The number of rotatable bonds is 3. The van der Waals surface area contributed by atoms with E-state index in [1.54, 1.807) is 0 Å². The van der Waals surface area contributed by atoms with Crippen LogP contribution >= 0.6 is 23.2 Å². The molecule has 0 aliphatic carbocycles. The molecule has 0 N–H and O–H groups in total. The lowest BCUT2D eigenvalue weighted by atomic mass is 10.1. The van der Waals surface area contributed by atoms with Gasteiger partial charge in [-0.2, -0.15) is 0 Å². The zero-order chi connectivity index (χ0) is 17.4. The Hall–Kier alpha value is -2.29. The number of hydrogen-bond acceptors (Lipinski definition) is 1. The van der Waals surface area contributed by atoms with Crippen LogP contribution in [-0.4, -0.2) is 9.55 Å². The van der Waals surface area contributed by atoms with Gasteiger partial charge in [-0.15, -0.1) is 0 Å². The van der Waals surface area contributed by atoms with Crippen molar-refractivity contribution < 1.29 is 0 Å². The first-order valence-electron chi connectivity index (χ1n) is 8.08. The van der Waals surface area contributed by atoms with Crippen LogP contribution < -0.4 is 0 Å². The molecule has 1 aromatic heterocycles. The van der Waals surface area contributed by atoms with Crippen molar-refractivity contribution in [2.45, 2.75) is 13.5 Å². The number of nitrogens with zero attached hydrogens (tertiary/aromatic N) is 2. The van der Waals surface area contributed by atoms with Gasteiger partial charge in [0.1, 0.15) is 5.82 Å². The third-order valence-corrected chi connectivity index (χ3v) is 5.10. The Morgan fingerprint density at radius 3 is 2.44 bits per heavy atom. The van der Waals surface area contributed by atoms with Crippen LogP contribution in [0.2, 0.25) is 10.0 Å². The molecule has 4 heteroatoms. The minimum absolute atomic E-state index is 0.569. The molecule has 0 aliphatic rings. The molecule has 4 aromatic rings. The molecule has 0 saturated carbocycles. The Morgan fingerprint density at radius 1 is 0.880 bits per heavy atom. The van der Waals surface area contributed by atoms with Gasteiger partial charge in [0.25, 0.3) is 0 Å². The Labute approximate surface area is 156 Å². The first-order chi connectivity index (χ1) is 12.1. The van der Waals surface area contributed by atoms with Gasteiger partial charge in [-0.25, -0.2) is 4.98 Å². The summed E-state index contributed by atoms with van der Waals surface area (Å²) in [6.45, 7) is 2.79. The standard InChI is InChI=1S/C21H16Cl2N2/c1-14-6-2-3-7-16(14)21-24-19-8-4-5-9-20(19)25(21)13-15-10-11-17(22)18(23)12-15/h2-12H,13H2,1H3. The molecule has 0 saturated heterocycles. The highest BCUT2D eigenvalue weighted by Crippen LogP contribution is 2.29. The first kappa shape index (κ1) is 16.2. The van der Waals surface area contributed by atoms with E-state index in [-0.39, 0.29) is 0 Å². The van der Waals surface area contributed by atoms with E-state index in [2.05, 4.69) is 29.7 Å². The third kappa shape index (κ3) is 3.04. The van der Waals surface area contributed by atoms with Crippen LogP contribution in [0.5, 0.6) is 0 Å². The van der Waals surface area contributed by atoms with Crippen LogP contribution in [0.1, 0.15) is 11.1 Å². The topological polar surface area (TPSA) is 17.8 Å². The lowest BCUT2D eigenvalue weighted by Gasteiger charge is -2.12. The second kappa shape index (κ2) is 6.55. The summed E-state index contributed by atoms with van der Waals surface area (Å²) >= 11 is 12.3. The van der Waals surface area contributed by atoms with Crippen LogP contribution in [0.4, 0.5) is 0 Å². The fraction of sp³-hybridized carbons (Fsp3) is 0.0952. The molecule has 0 atom stereocenters. The number of fused-ring (bicyclic) bond motifs is 1. The van der Waals surface area contributed by atoms with Gasteiger partial charge in [0.2, 0.25) is 0 Å². The van der Waals surface area contributed by atoms with Gasteiger partial charge in [-0.1, -0.05) is 65.7 Å². The fourth-order valence-electron chi connectivity index (χ4n) is 3.09. The smallest absolute Gasteiger partial charge is 0.141 e. The van der Waals surface area contributed by atoms with E-state index in [9.17, 15) is 0 Å². The van der Waals surface area contributed by atoms with Crippen molar-refractivity contribution in [3.8, 4) is 11.4 Å². The average molecular weight is 367 g/mol. The molecular weight excluding hydrogens is 351 g/mol. The van der Waals surface area contributed by atoms with Crippen LogP contribution in [-0.2, 0) is 6.54 Å². The number of benzene rings is 3. The van der Waals surface area contributed by atoms with E-state index in [1.807, 2.05) is 48.5 Å². The van der Waals surface area contributed by atoms with E-state index >= 15 is 0 Å². The van der Waals surface area contributed by atoms with Gasteiger partial charge in [0.15, 0.2) is 0 Å². The molecule has 0 fully saturated rings. The van der Waals surface area contributed by atoms with Gasteiger partial charge in [0.05, 0.1) is 21.1 Å². The number of aromatic nitrogens is 2. The van der Waals surface area contributed by atoms with Crippen LogP contribution in [0.15, 0.2) is 66.7 Å². The van der Waals surface area contributed by atoms with Crippen molar-refractivity contribution in [3.05, 3.63) is 87.9 Å². The maximum Gasteiger partial charge on any atom is 0.141 e. The molecule has 1 heterocycles. The van der Waals surface area contributed by atoms with Crippen molar-refractivity contribution >= 4 is 34.2 Å². The van der Waals surface area contributed by atoms with Gasteiger partial charge >= 0.3 is 0 Å². The number of imidazole rings is 1. The van der Waals surface area contributed by atoms with Crippen molar-refractivity contribution in [2.24, 2.45) is 0 Å². The van der Waals surface area contributed by atoms with Gasteiger partial charge < -0.3 is 4.57 Å². The van der Waals surface area contributed by atoms with E-state index in [0.29, 0.717) is 16.6 Å². The molecular formula is C21H16Cl2N2. The lowest BCUT2D eigenvalue weighted by Crippen LogP contribution is -2.03. The summed E-state index contributed by atoms with van der Waals surface area (Å²) in [6.07, 6.45) is 0.